The van der Waals surface area contributed by atoms with E-state index >= 15 is 0 Å². The van der Waals surface area contributed by atoms with Gasteiger partial charge in [-0.25, -0.2) is 0 Å². The first-order chi connectivity index (χ1) is 13.3. The van der Waals surface area contributed by atoms with E-state index < -0.39 is 0 Å². The van der Waals surface area contributed by atoms with E-state index in [0.717, 1.165) is 64.1 Å². The molecule has 2 atom stereocenters. The average molecular weight is 370 g/mol. The Labute approximate surface area is 161 Å². The number of nitrogens with one attached hydrogen (secondary N) is 1. The van der Waals surface area contributed by atoms with Crippen LogP contribution in [0.25, 0.3) is 0 Å². The molecule has 4 aliphatic rings. The summed E-state index contributed by atoms with van der Waals surface area (Å²) in [6, 6.07) is 4.82. The third-order valence-electron chi connectivity index (χ3n) is 7.40. The molecule has 0 aromatic carbocycles. The molecule has 3 saturated heterocycles. The number of rotatable bonds is 3. The van der Waals surface area contributed by atoms with Crippen molar-refractivity contribution in [3.8, 4) is 0 Å². The van der Waals surface area contributed by atoms with Crippen LogP contribution in [0, 0.1) is 11.3 Å². The van der Waals surface area contributed by atoms with Gasteiger partial charge in [-0.3, -0.25) is 14.7 Å². The third-order valence-corrected chi connectivity index (χ3v) is 7.40. The second-order valence-electron chi connectivity index (χ2n) is 8.84. The molecule has 0 bridgehead atoms. The number of anilines is 1. The first kappa shape index (κ1) is 17.4. The highest BCUT2D eigenvalue weighted by Gasteiger charge is 2.57. The van der Waals surface area contributed by atoms with Crippen LogP contribution < -0.4 is 10.2 Å². The van der Waals surface area contributed by atoms with Crippen molar-refractivity contribution in [2.75, 3.05) is 57.3 Å². The summed E-state index contributed by atoms with van der Waals surface area (Å²) in [4.78, 5) is 25.0. The van der Waals surface area contributed by atoms with E-state index in [4.69, 9.17) is 0 Å². The van der Waals surface area contributed by atoms with Crippen molar-refractivity contribution in [2.24, 2.45) is 11.3 Å². The molecule has 1 aliphatic carbocycles. The van der Waals surface area contributed by atoms with Crippen LogP contribution >= 0.6 is 0 Å². The van der Waals surface area contributed by atoms with Crippen LogP contribution in [-0.2, 0) is 4.79 Å². The van der Waals surface area contributed by atoms with Gasteiger partial charge in [-0.1, -0.05) is 12.8 Å². The summed E-state index contributed by atoms with van der Waals surface area (Å²) in [6.45, 7) is 7.40. The Morgan fingerprint density at radius 2 is 2.00 bits per heavy atom. The number of likely N-dealkylation sites (tertiary alicyclic amines) is 1. The largest absolute Gasteiger partial charge is 0.367 e. The first-order valence-corrected chi connectivity index (χ1v) is 10.7. The number of aromatic nitrogens is 1. The summed E-state index contributed by atoms with van der Waals surface area (Å²) in [5.74, 6) is 0.894. The lowest BCUT2D eigenvalue weighted by atomic mass is 9.79. The van der Waals surface area contributed by atoms with Gasteiger partial charge in [0.15, 0.2) is 0 Å². The predicted octanol–water partition coefficient (Wildman–Crippen LogP) is 1.19. The Bertz CT molecular complexity index is 668. The molecular weight excluding hydrogens is 338 g/mol. The van der Waals surface area contributed by atoms with Crippen molar-refractivity contribution in [1.29, 1.82) is 0 Å². The molecule has 27 heavy (non-hydrogen) atoms. The Kier molecular flexibility index (Phi) is 4.56. The number of carbonyl (C=O) groups is 1. The molecule has 146 valence electrons. The highest BCUT2D eigenvalue weighted by Crippen LogP contribution is 2.43. The molecule has 1 saturated carbocycles. The minimum atomic E-state index is -0.181. The van der Waals surface area contributed by atoms with E-state index in [1.165, 1.54) is 25.7 Å². The Morgan fingerprint density at radius 1 is 1.19 bits per heavy atom. The second-order valence-corrected chi connectivity index (χ2v) is 8.84. The summed E-state index contributed by atoms with van der Waals surface area (Å²) >= 11 is 0. The van der Waals surface area contributed by atoms with E-state index in [1.807, 2.05) is 18.5 Å². The van der Waals surface area contributed by atoms with Gasteiger partial charge in [0, 0.05) is 70.5 Å². The van der Waals surface area contributed by atoms with Crippen LogP contribution in [0.1, 0.15) is 25.7 Å². The molecule has 0 spiro atoms. The fourth-order valence-corrected chi connectivity index (χ4v) is 5.83. The maximum atomic E-state index is 13.6. The summed E-state index contributed by atoms with van der Waals surface area (Å²) in [7, 11) is 0. The van der Waals surface area contributed by atoms with Crippen LogP contribution in [-0.4, -0.2) is 79.1 Å². The van der Waals surface area contributed by atoms with Gasteiger partial charge in [0.1, 0.15) is 0 Å². The van der Waals surface area contributed by atoms with Crippen LogP contribution in [0.4, 0.5) is 5.69 Å². The van der Waals surface area contributed by atoms with Gasteiger partial charge in [0.05, 0.1) is 17.3 Å². The minimum Gasteiger partial charge on any atom is -0.367 e. The van der Waals surface area contributed by atoms with Crippen LogP contribution in [0.5, 0.6) is 0 Å². The van der Waals surface area contributed by atoms with Gasteiger partial charge < -0.3 is 15.1 Å². The number of hydrogen-bond acceptors (Lipinski definition) is 5. The zero-order valence-corrected chi connectivity index (χ0v) is 16.1. The number of carbonyl (C=O) groups excluding carboxylic acids is 1. The molecule has 4 heterocycles. The van der Waals surface area contributed by atoms with Crippen molar-refractivity contribution in [3.63, 3.8) is 0 Å². The SMILES string of the molecule is O=C(N1CCN(c2cccnc2)CC1)[C@@]12CNC[C@@H]1CN(C1CCCC1)C2. The Hall–Kier alpha value is -1.66. The van der Waals surface area contributed by atoms with Gasteiger partial charge in [-0.05, 0) is 25.0 Å². The van der Waals surface area contributed by atoms with E-state index in [0.29, 0.717) is 11.8 Å². The maximum absolute atomic E-state index is 13.6. The van der Waals surface area contributed by atoms with Crippen molar-refractivity contribution in [1.82, 2.24) is 20.1 Å². The monoisotopic (exact) mass is 369 g/mol. The molecule has 0 radical (unpaired) electrons. The number of nitrogens with zero attached hydrogens (tertiary/aromatic N) is 4. The third kappa shape index (κ3) is 3.03. The zero-order chi connectivity index (χ0) is 18.3. The van der Waals surface area contributed by atoms with Gasteiger partial charge in [-0.15, -0.1) is 0 Å². The maximum Gasteiger partial charge on any atom is 0.231 e. The minimum absolute atomic E-state index is 0.181. The van der Waals surface area contributed by atoms with Gasteiger partial charge in [0.25, 0.3) is 0 Å². The lowest BCUT2D eigenvalue weighted by Gasteiger charge is -2.40. The van der Waals surface area contributed by atoms with Crippen molar-refractivity contribution < 1.29 is 4.79 Å². The first-order valence-electron chi connectivity index (χ1n) is 10.7. The van der Waals surface area contributed by atoms with Crippen LogP contribution in [0.3, 0.4) is 0 Å². The fraction of sp³-hybridized carbons (Fsp3) is 0.714. The fourth-order valence-electron chi connectivity index (χ4n) is 5.83. The molecule has 4 fully saturated rings. The molecule has 6 nitrogen and oxygen atoms in total. The zero-order valence-electron chi connectivity index (χ0n) is 16.1. The molecule has 3 aliphatic heterocycles. The molecule has 1 N–H and O–H groups in total. The van der Waals surface area contributed by atoms with E-state index in [1.54, 1.807) is 0 Å². The van der Waals surface area contributed by atoms with E-state index in [2.05, 4.69) is 31.1 Å². The van der Waals surface area contributed by atoms with E-state index in [9.17, 15) is 4.79 Å². The Balaban J connectivity index is 1.26. The van der Waals surface area contributed by atoms with Gasteiger partial charge >= 0.3 is 0 Å². The molecule has 0 unspecified atom stereocenters. The molecule has 1 aromatic heterocycles. The summed E-state index contributed by atoms with van der Waals surface area (Å²) in [6.07, 6.45) is 9.11. The van der Waals surface area contributed by atoms with Gasteiger partial charge in [0.2, 0.25) is 5.91 Å². The lowest BCUT2D eigenvalue weighted by molar-refractivity contribution is -0.142. The van der Waals surface area contributed by atoms with E-state index in [-0.39, 0.29) is 5.41 Å². The number of fused-ring (bicyclic) bond motifs is 1. The topological polar surface area (TPSA) is 51.7 Å². The second kappa shape index (κ2) is 7.06. The molecule has 5 rings (SSSR count). The van der Waals surface area contributed by atoms with Crippen molar-refractivity contribution >= 4 is 11.6 Å². The number of piperazine rings is 1. The molecule has 6 heteroatoms. The normalized spacial score (nSPS) is 32.2. The summed E-state index contributed by atoms with van der Waals surface area (Å²) in [5.41, 5.74) is 0.982. The standard InChI is InChI=1S/C21H31N5O/c27-20(25-10-8-24(9-11-25)19-6-3-7-22-13-19)21-15-23-12-17(21)14-26(16-21)18-4-1-2-5-18/h3,6-7,13,17-18,23H,1-2,4-5,8-12,14-16H2/t17-,21-/m1/s1. The Morgan fingerprint density at radius 3 is 2.74 bits per heavy atom. The van der Waals surface area contributed by atoms with Gasteiger partial charge in [-0.2, -0.15) is 0 Å². The smallest absolute Gasteiger partial charge is 0.231 e. The lowest BCUT2D eigenvalue weighted by Crippen LogP contribution is -2.56. The number of amides is 1. The van der Waals surface area contributed by atoms with Crippen LogP contribution in [0.15, 0.2) is 24.5 Å². The van der Waals surface area contributed by atoms with Crippen molar-refractivity contribution in [2.45, 2.75) is 31.7 Å². The molecule has 1 aromatic rings. The predicted molar refractivity (Wildman–Crippen MR) is 106 cm³/mol. The highest BCUT2D eigenvalue weighted by atomic mass is 16.2. The molecular formula is C21H31N5O. The number of hydrogen-bond donors (Lipinski definition) is 1. The van der Waals surface area contributed by atoms with Crippen molar-refractivity contribution in [3.05, 3.63) is 24.5 Å². The molecule has 1 amide bonds. The summed E-state index contributed by atoms with van der Waals surface area (Å²) in [5, 5.41) is 3.54. The van der Waals surface area contributed by atoms with Crippen LogP contribution in [0.2, 0.25) is 0 Å². The average Bonchev–Trinajstić information content (AvgIpc) is 3.44. The quantitative estimate of drug-likeness (QED) is 0.868. The summed E-state index contributed by atoms with van der Waals surface area (Å²) < 4.78 is 0. The highest BCUT2D eigenvalue weighted by molar-refractivity contribution is 5.85. The number of pyridine rings is 1.